The molecule has 1 aliphatic carbocycles. The van der Waals surface area contributed by atoms with Crippen molar-refractivity contribution in [1.29, 1.82) is 0 Å². The maximum atomic E-state index is 14.0. The molecule has 4 rings (SSSR count). The molecule has 0 bridgehead atoms. The van der Waals surface area contributed by atoms with E-state index < -0.39 is 23.5 Å². The standard InChI is InChI=1S/C25H24F2N2O2.ClH/c1-29(2)9-4-10-31-20-6-7-21-22(14-20)25(30)24(16-5-3-8-28-15-16)23(21)17-11-18(26)13-19(27)12-17;/h3,5-8,11-15,23-24H,4,9-10H2,1-2H3;1H. The molecule has 1 aromatic heterocycles. The lowest BCUT2D eigenvalue weighted by Gasteiger charge is -2.20. The van der Waals surface area contributed by atoms with Crippen molar-refractivity contribution in [3.8, 4) is 5.75 Å². The monoisotopic (exact) mass is 458 g/mol. The summed E-state index contributed by atoms with van der Waals surface area (Å²) in [4.78, 5) is 19.7. The van der Waals surface area contributed by atoms with E-state index in [-0.39, 0.29) is 18.2 Å². The smallest absolute Gasteiger partial charge is 0.171 e. The minimum atomic E-state index is -0.665. The predicted octanol–water partition coefficient (Wildman–Crippen LogP) is 5.22. The summed E-state index contributed by atoms with van der Waals surface area (Å²) in [5.74, 6) is -1.92. The van der Waals surface area contributed by atoms with Gasteiger partial charge in [0.2, 0.25) is 0 Å². The number of nitrogens with zero attached hydrogens (tertiary/aromatic N) is 2. The first-order chi connectivity index (χ1) is 14.9. The number of Topliss-reactive ketones (excluding diaryl/α,β-unsaturated/α-hetero) is 1. The molecule has 7 heteroatoms. The Labute approximate surface area is 192 Å². The fourth-order valence-electron chi connectivity index (χ4n) is 4.21. The van der Waals surface area contributed by atoms with Gasteiger partial charge in [0.1, 0.15) is 17.4 Å². The molecular weight excluding hydrogens is 434 g/mol. The summed E-state index contributed by atoms with van der Waals surface area (Å²) in [6.45, 7) is 1.44. The number of halogens is 3. The lowest BCUT2D eigenvalue weighted by atomic mass is 9.82. The van der Waals surface area contributed by atoms with E-state index in [0.29, 0.717) is 29.0 Å². The Balaban J connectivity index is 0.00000289. The fourth-order valence-corrected chi connectivity index (χ4v) is 4.21. The molecule has 0 radical (unpaired) electrons. The molecule has 0 N–H and O–H groups in total. The topological polar surface area (TPSA) is 42.4 Å². The molecule has 0 saturated heterocycles. The molecule has 32 heavy (non-hydrogen) atoms. The summed E-state index contributed by atoms with van der Waals surface area (Å²) < 4.78 is 33.9. The van der Waals surface area contributed by atoms with Crippen LogP contribution in [0.2, 0.25) is 0 Å². The molecule has 2 unspecified atom stereocenters. The number of fused-ring (bicyclic) bond motifs is 1. The van der Waals surface area contributed by atoms with Gasteiger partial charge in [-0.15, -0.1) is 12.4 Å². The number of pyridine rings is 1. The van der Waals surface area contributed by atoms with Crippen LogP contribution in [0.25, 0.3) is 0 Å². The largest absolute Gasteiger partial charge is 0.494 e. The first-order valence-electron chi connectivity index (χ1n) is 10.3. The van der Waals surface area contributed by atoms with Crippen molar-refractivity contribution in [2.75, 3.05) is 27.2 Å². The normalized spacial score (nSPS) is 17.2. The molecule has 4 nitrogen and oxygen atoms in total. The maximum absolute atomic E-state index is 14.0. The average molecular weight is 459 g/mol. The van der Waals surface area contributed by atoms with Crippen molar-refractivity contribution in [2.45, 2.75) is 18.3 Å². The van der Waals surface area contributed by atoms with E-state index in [9.17, 15) is 13.6 Å². The van der Waals surface area contributed by atoms with Gasteiger partial charge in [-0.25, -0.2) is 8.78 Å². The number of carbonyl (C=O) groups is 1. The van der Waals surface area contributed by atoms with Gasteiger partial charge in [0.15, 0.2) is 5.78 Å². The molecule has 0 saturated carbocycles. The number of rotatable bonds is 7. The SMILES string of the molecule is CN(C)CCCOc1ccc2c(c1)C(=O)C(c1cccnc1)C2c1cc(F)cc(F)c1.Cl. The van der Waals surface area contributed by atoms with Crippen LogP contribution in [0, 0.1) is 11.6 Å². The molecule has 2 atom stereocenters. The van der Waals surface area contributed by atoms with Crippen molar-refractivity contribution in [3.63, 3.8) is 0 Å². The number of aromatic nitrogens is 1. The van der Waals surface area contributed by atoms with E-state index in [2.05, 4.69) is 9.88 Å². The lowest BCUT2D eigenvalue weighted by Crippen LogP contribution is -2.15. The van der Waals surface area contributed by atoms with Crippen LogP contribution in [0.15, 0.2) is 60.9 Å². The van der Waals surface area contributed by atoms with Crippen LogP contribution in [0.5, 0.6) is 5.75 Å². The second kappa shape index (κ2) is 10.2. The number of ether oxygens (including phenoxy) is 1. The minimum absolute atomic E-state index is 0. The first-order valence-corrected chi connectivity index (χ1v) is 10.3. The lowest BCUT2D eigenvalue weighted by molar-refractivity contribution is 0.0967. The molecular formula is C25H25ClF2N2O2. The highest BCUT2D eigenvalue weighted by Gasteiger charge is 2.42. The zero-order valence-corrected chi connectivity index (χ0v) is 18.7. The van der Waals surface area contributed by atoms with Crippen molar-refractivity contribution >= 4 is 18.2 Å². The highest BCUT2D eigenvalue weighted by Crippen LogP contribution is 2.48. The Hall–Kier alpha value is -2.83. The molecule has 0 aliphatic heterocycles. The average Bonchev–Trinajstić information content (AvgIpc) is 3.03. The minimum Gasteiger partial charge on any atom is -0.494 e. The third kappa shape index (κ3) is 4.97. The van der Waals surface area contributed by atoms with Gasteiger partial charge in [0.25, 0.3) is 0 Å². The van der Waals surface area contributed by atoms with Gasteiger partial charge in [-0.2, -0.15) is 0 Å². The summed E-state index contributed by atoms with van der Waals surface area (Å²) in [6, 6.07) is 12.4. The van der Waals surface area contributed by atoms with Crippen LogP contribution in [-0.4, -0.2) is 42.9 Å². The van der Waals surface area contributed by atoms with Crippen molar-refractivity contribution in [3.05, 3.63) is 94.8 Å². The predicted molar refractivity (Wildman–Crippen MR) is 122 cm³/mol. The number of ketones is 1. The Morgan fingerprint density at radius 2 is 1.75 bits per heavy atom. The van der Waals surface area contributed by atoms with Crippen LogP contribution in [-0.2, 0) is 0 Å². The van der Waals surface area contributed by atoms with Crippen LogP contribution in [0.1, 0.15) is 45.3 Å². The van der Waals surface area contributed by atoms with Crippen LogP contribution < -0.4 is 4.74 Å². The zero-order chi connectivity index (χ0) is 22.0. The third-order valence-corrected chi connectivity index (χ3v) is 5.55. The molecule has 2 aromatic carbocycles. The van der Waals surface area contributed by atoms with Gasteiger partial charge in [-0.1, -0.05) is 12.1 Å². The van der Waals surface area contributed by atoms with Gasteiger partial charge >= 0.3 is 0 Å². The highest BCUT2D eigenvalue weighted by molar-refractivity contribution is 6.07. The molecule has 1 aliphatic rings. The number of hydrogen-bond acceptors (Lipinski definition) is 4. The van der Waals surface area contributed by atoms with E-state index in [0.717, 1.165) is 24.6 Å². The van der Waals surface area contributed by atoms with Crippen molar-refractivity contribution < 1.29 is 18.3 Å². The second-order valence-electron chi connectivity index (χ2n) is 8.06. The summed E-state index contributed by atoms with van der Waals surface area (Å²) in [5, 5.41) is 0. The number of carbonyl (C=O) groups excluding carboxylic acids is 1. The van der Waals surface area contributed by atoms with Gasteiger partial charge < -0.3 is 9.64 Å². The Kier molecular flexibility index (Phi) is 7.59. The first kappa shape index (κ1) is 23.8. The summed E-state index contributed by atoms with van der Waals surface area (Å²) >= 11 is 0. The molecule has 1 heterocycles. The Morgan fingerprint density at radius 3 is 2.41 bits per heavy atom. The van der Waals surface area contributed by atoms with E-state index in [1.54, 1.807) is 24.5 Å². The number of hydrogen-bond donors (Lipinski definition) is 0. The van der Waals surface area contributed by atoms with E-state index in [1.807, 2.05) is 32.3 Å². The summed E-state index contributed by atoms with van der Waals surface area (Å²) in [6.07, 6.45) is 4.13. The van der Waals surface area contributed by atoms with Crippen LogP contribution in [0.3, 0.4) is 0 Å². The highest BCUT2D eigenvalue weighted by atomic mass is 35.5. The molecule has 0 spiro atoms. The van der Waals surface area contributed by atoms with E-state index in [4.69, 9.17) is 4.74 Å². The molecule has 168 valence electrons. The second-order valence-corrected chi connectivity index (χ2v) is 8.06. The van der Waals surface area contributed by atoms with Gasteiger partial charge in [-0.05, 0) is 67.5 Å². The molecule has 3 aromatic rings. The third-order valence-electron chi connectivity index (χ3n) is 5.55. The van der Waals surface area contributed by atoms with Gasteiger partial charge in [0.05, 0.1) is 12.5 Å². The zero-order valence-electron chi connectivity index (χ0n) is 17.9. The van der Waals surface area contributed by atoms with E-state index in [1.165, 1.54) is 12.1 Å². The summed E-state index contributed by atoms with van der Waals surface area (Å²) in [5.41, 5.74) is 2.41. The quantitative estimate of drug-likeness (QED) is 0.455. The van der Waals surface area contributed by atoms with Crippen LogP contribution >= 0.6 is 12.4 Å². The molecule has 0 fully saturated rings. The van der Waals surface area contributed by atoms with Crippen molar-refractivity contribution in [2.24, 2.45) is 0 Å². The Bertz CT molecular complexity index is 1070. The van der Waals surface area contributed by atoms with E-state index >= 15 is 0 Å². The van der Waals surface area contributed by atoms with Gasteiger partial charge in [0, 0.05) is 36.5 Å². The number of benzene rings is 2. The maximum Gasteiger partial charge on any atom is 0.171 e. The van der Waals surface area contributed by atoms with Gasteiger partial charge in [-0.3, -0.25) is 9.78 Å². The summed E-state index contributed by atoms with van der Waals surface area (Å²) in [7, 11) is 4.00. The van der Waals surface area contributed by atoms with Crippen molar-refractivity contribution in [1.82, 2.24) is 9.88 Å². The Morgan fingerprint density at radius 1 is 1.00 bits per heavy atom. The fraction of sp³-hybridized carbons (Fsp3) is 0.280. The van der Waals surface area contributed by atoms with Crippen LogP contribution in [0.4, 0.5) is 8.78 Å². The molecule has 0 amide bonds.